The molecule has 0 unspecified atom stereocenters. The van der Waals surface area contributed by atoms with Crippen molar-refractivity contribution in [2.45, 2.75) is 81.9 Å². The summed E-state index contributed by atoms with van der Waals surface area (Å²) in [6.45, 7) is 4.13. The molecule has 0 amide bonds. The fourth-order valence-electron chi connectivity index (χ4n) is 3.67. The Hall–Kier alpha value is 0.430. The summed E-state index contributed by atoms with van der Waals surface area (Å²) in [7, 11) is 0.340. The van der Waals surface area contributed by atoms with Crippen LogP contribution in [-0.4, -0.2) is 17.5 Å². The van der Waals surface area contributed by atoms with Crippen molar-refractivity contribution in [3.63, 3.8) is 0 Å². The largest absolute Gasteiger partial charge is 0.100 e. The maximum Gasteiger partial charge on any atom is -0.0207 e. The Balaban J connectivity index is 1.91. The van der Waals surface area contributed by atoms with E-state index in [1.54, 1.807) is 25.7 Å². The Labute approximate surface area is 103 Å². The lowest BCUT2D eigenvalue weighted by atomic mass is 9.99. The Morgan fingerprint density at radius 3 is 1.56 bits per heavy atom. The van der Waals surface area contributed by atoms with Crippen molar-refractivity contribution in [3.05, 3.63) is 6.92 Å². The van der Waals surface area contributed by atoms with Crippen molar-refractivity contribution in [1.82, 2.24) is 0 Å². The minimum absolute atomic E-state index is 0.340. The lowest BCUT2D eigenvalue weighted by molar-refractivity contribution is 0.484. The van der Waals surface area contributed by atoms with Crippen LogP contribution in [0.1, 0.15) is 70.6 Å². The number of hydrogen-bond acceptors (Lipinski definition) is 0. The molecule has 0 aromatic rings. The van der Waals surface area contributed by atoms with Crippen molar-refractivity contribution in [2.24, 2.45) is 0 Å². The molecule has 2 aliphatic carbocycles. The topological polar surface area (TPSA) is 0 Å². The van der Waals surface area contributed by atoms with E-state index in [-0.39, 0.29) is 0 Å². The summed E-state index contributed by atoms with van der Waals surface area (Å²) in [5.41, 5.74) is 2.27. The van der Waals surface area contributed by atoms with E-state index in [1.165, 1.54) is 51.1 Å². The van der Waals surface area contributed by atoms with Gasteiger partial charge < -0.3 is 0 Å². The Morgan fingerprint density at radius 1 is 0.750 bits per heavy atom. The molecule has 0 heterocycles. The Kier molecular flexibility index (Phi) is 5.63. The first-order chi connectivity index (χ1) is 7.92. The van der Waals surface area contributed by atoms with Crippen LogP contribution in [0, 0.1) is 6.92 Å². The second-order valence-electron chi connectivity index (χ2n) is 5.68. The summed E-state index contributed by atoms with van der Waals surface area (Å²) in [5, 5.41) is 0. The average molecular weight is 239 g/mol. The van der Waals surface area contributed by atoms with Gasteiger partial charge in [-0.05, 0) is 49.6 Å². The van der Waals surface area contributed by atoms with Gasteiger partial charge in [0.25, 0.3) is 0 Å². The minimum atomic E-state index is 0.340. The van der Waals surface area contributed by atoms with E-state index >= 15 is 0 Å². The highest BCUT2D eigenvalue weighted by molar-refractivity contribution is 7.59. The highest BCUT2D eigenvalue weighted by Gasteiger charge is 2.29. The summed E-state index contributed by atoms with van der Waals surface area (Å²) >= 11 is 0. The van der Waals surface area contributed by atoms with Gasteiger partial charge in [-0.3, -0.25) is 0 Å². The predicted octanol–water partition coefficient (Wildman–Crippen LogP) is 5.36. The van der Waals surface area contributed by atoms with E-state index in [1.807, 2.05) is 0 Å². The molecule has 0 aliphatic heterocycles. The van der Waals surface area contributed by atoms with Gasteiger partial charge in [-0.25, -0.2) is 0 Å². The van der Waals surface area contributed by atoms with Crippen LogP contribution in [-0.2, 0) is 0 Å². The van der Waals surface area contributed by atoms with Gasteiger partial charge >= 0.3 is 0 Å². The molecule has 0 saturated heterocycles. The average Bonchev–Trinajstić information content (AvgIpc) is 2.38. The highest BCUT2D eigenvalue weighted by Crippen LogP contribution is 2.55. The van der Waals surface area contributed by atoms with Crippen LogP contribution in [0.4, 0.5) is 0 Å². The van der Waals surface area contributed by atoms with Crippen LogP contribution in [0.3, 0.4) is 0 Å². The molecule has 1 radical (unpaired) electrons. The van der Waals surface area contributed by atoms with Crippen molar-refractivity contribution in [3.8, 4) is 0 Å². The molecule has 0 aromatic heterocycles. The van der Waals surface area contributed by atoms with Crippen molar-refractivity contribution in [1.29, 1.82) is 0 Å². The molecule has 0 atom stereocenters. The number of rotatable bonds is 4. The molecular weight excluding hydrogens is 211 g/mol. The van der Waals surface area contributed by atoms with E-state index in [0.29, 0.717) is 7.92 Å². The molecule has 0 N–H and O–H groups in total. The number of hydrogen-bond donors (Lipinski definition) is 0. The molecule has 0 aromatic carbocycles. The lowest BCUT2D eigenvalue weighted by Crippen LogP contribution is -2.21. The standard InChI is InChI=1S/C15H28P/c1-2-13-16(14-9-5-3-6-10-14)15-11-7-4-8-12-15/h14-15H,1-13H2. The zero-order chi connectivity index (χ0) is 11.2. The van der Waals surface area contributed by atoms with Gasteiger partial charge in [-0.15, -0.1) is 7.92 Å². The van der Waals surface area contributed by atoms with Crippen molar-refractivity contribution >= 4 is 7.92 Å². The first-order valence-corrected chi connectivity index (χ1v) is 9.13. The third-order valence-electron chi connectivity index (χ3n) is 4.50. The molecule has 2 rings (SSSR count). The molecule has 0 bridgehead atoms. The summed E-state index contributed by atoms with van der Waals surface area (Å²) in [6.07, 6.45) is 18.0. The summed E-state index contributed by atoms with van der Waals surface area (Å²) < 4.78 is 0. The third kappa shape index (κ3) is 3.46. The monoisotopic (exact) mass is 239 g/mol. The van der Waals surface area contributed by atoms with Crippen LogP contribution < -0.4 is 0 Å². The van der Waals surface area contributed by atoms with Gasteiger partial charge in [0.05, 0.1) is 0 Å². The fourth-order valence-corrected chi connectivity index (χ4v) is 7.42. The van der Waals surface area contributed by atoms with Gasteiger partial charge in [0.2, 0.25) is 0 Å². The normalized spacial score (nSPS) is 25.1. The van der Waals surface area contributed by atoms with Gasteiger partial charge in [-0.1, -0.05) is 45.4 Å². The first kappa shape index (κ1) is 12.9. The summed E-state index contributed by atoms with van der Waals surface area (Å²) in [5.74, 6) is 0. The molecule has 93 valence electrons. The van der Waals surface area contributed by atoms with Gasteiger partial charge in [0.1, 0.15) is 0 Å². The predicted molar refractivity (Wildman–Crippen MR) is 75.5 cm³/mol. The second kappa shape index (κ2) is 7.00. The lowest BCUT2D eigenvalue weighted by Gasteiger charge is -2.38. The molecular formula is C15H28P. The minimum Gasteiger partial charge on any atom is -0.100 e. The van der Waals surface area contributed by atoms with Crippen LogP contribution >= 0.6 is 7.92 Å². The Bertz CT molecular complexity index is 160. The molecule has 2 fully saturated rings. The van der Waals surface area contributed by atoms with E-state index in [0.717, 1.165) is 11.3 Å². The Morgan fingerprint density at radius 2 is 1.19 bits per heavy atom. The first-order valence-electron chi connectivity index (χ1n) is 7.47. The fraction of sp³-hybridized carbons (Fsp3) is 0.933. The van der Waals surface area contributed by atoms with E-state index in [4.69, 9.17) is 0 Å². The van der Waals surface area contributed by atoms with Crippen LogP contribution in [0.15, 0.2) is 0 Å². The zero-order valence-electron chi connectivity index (χ0n) is 10.8. The SMILES string of the molecule is [CH2]CCP(C1CCCCC1)C1CCCCC1. The van der Waals surface area contributed by atoms with Crippen LogP contribution in [0.2, 0.25) is 0 Å². The van der Waals surface area contributed by atoms with Gasteiger partial charge in [0, 0.05) is 0 Å². The smallest absolute Gasteiger partial charge is 0.0207 e. The van der Waals surface area contributed by atoms with E-state index in [9.17, 15) is 0 Å². The molecule has 0 spiro atoms. The maximum absolute atomic E-state index is 4.13. The van der Waals surface area contributed by atoms with E-state index < -0.39 is 0 Å². The molecule has 16 heavy (non-hydrogen) atoms. The third-order valence-corrected chi connectivity index (χ3v) is 8.25. The van der Waals surface area contributed by atoms with Crippen LogP contribution in [0.5, 0.6) is 0 Å². The molecule has 1 heteroatoms. The zero-order valence-corrected chi connectivity index (χ0v) is 11.7. The summed E-state index contributed by atoms with van der Waals surface area (Å²) in [6, 6.07) is 0. The second-order valence-corrected chi connectivity index (χ2v) is 8.61. The molecule has 2 aliphatic rings. The maximum atomic E-state index is 4.13. The molecule has 0 nitrogen and oxygen atoms in total. The van der Waals surface area contributed by atoms with Gasteiger partial charge in [0.15, 0.2) is 0 Å². The van der Waals surface area contributed by atoms with Crippen molar-refractivity contribution < 1.29 is 0 Å². The quantitative estimate of drug-likeness (QED) is 0.579. The van der Waals surface area contributed by atoms with E-state index in [2.05, 4.69) is 6.92 Å². The van der Waals surface area contributed by atoms with Crippen molar-refractivity contribution in [2.75, 3.05) is 6.16 Å². The van der Waals surface area contributed by atoms with Crippen LogP contribution in [0.25, 0.3) is 0 Å². The highest BCUT2D eigenvalue weighted by atomic mass is 31.1. The molecule has 2 saturated carbocycles. The van der Waals surface area contributed by atoms with Gasteiger partial charge in [-0.2, -0.15) is 0 Å². The summed E-state index contributed by atoms with van der Waals surface area (Å²) in [4.78, 5) is 0.